The van der Waals surface area contributed by atoms with E-state index in [-0.39, 0.29) is 6.10 Å². The minimum Gasteiger partial charge on any atom is -0.482 e. The van der Waals surface area contributed by atoms with Gasteiger partial charge in [0, 0.05) is 16.8 Å². The zero-order chi connectivity index (χ0) is 19.4. The Bertz CT molecular complexity index is 926. The lowest BCUT2D eigenvalue weighted by Gasteiger charge is -2.17. The maximum absolute atomic E-state index is 6.18. The van der Waals surface area contributed by atoms with Gasteiger partial charge >= 0.3 is 0 Å². The third kappa shape index (κ3) is 4.93. The normalized spacial score (nSPS) is 12.2. The van der Waals surface area contributed by atoms with Gasteiger partial charge in [-0.05, 0) is 57.0 Å². The van der Waals surface area contributed by atoms with Crippen molar-refractivity contribution >= 4 is 27.7 Å². The van der Waals surface area contributed by atoms with Crippen molar-refractivity contribution in [1.29, 1.82) is 0 Å². The van der Waals surface area contributed by atoms with E-state index >= 15 is 0 Å². The number of hydrogen-bond donors (Lipinski definition) is 0. The molecule has 0 amide bonds. The molecule has 0 radical (unpaired) electrons. The first kappa shape index (κ1) is 20.0. The highest BCUT2D eigenvalue weighted by atomic mass is 79.9. The Labute approximate surface area is 173 Å². The van der Waals surface area contributed by atoms with Gasteiger partial charge in [0.25, 0.3) is 0 Å². The molecule has 2 aromatic carbocycles. The van der Waals surface area contributed by atoms with Crippen LogP contribution < -0.4 is 4.74 Å². The number of halogens is 1. The Kier molecular flexibility index (Phi) is 6.60. The number of aromatic nitrogens is 3. The van der Waals surface area contributed by atoms with E-state index in [0.717, 1.165) is 39.1 Å². The van der Waals surface area contributed by atoms with Crippen LogP contribution in [0.4, 0.5) is 0 Å². The lowest BCUT2D eigenvalue weighted by molar-refractivity contribution is 0.208. The second kappa shape index (κ2) is 8.93. The lowest BCUT2D eigenvalue weighted by atomic mass is 10.1. The van der Waals surface area contributed by atoms with Crippen LogP contribution in [-0.4, -0.2) is 14.8 Å². The number of ether oxygens (including phenoxy) is 1. The maximum Gasteiger partial charge on any atom is 0.191 e. The van der Waals surface area contributed by atoms with Crippen molar-refractivity contribution in [3.63, 3.8) is 0 Å². The average molecular weight is 446 g/mol. The highest BCUT2D eigenvalue weighted by Gasteiger charge is 2.19. The molecule has 0 aliphatic heterocycles. The summed E-state index contributed by atoms with van der Waals surface area (Å²) in [5.41, 5.74) is 3.62. The molecule has 4 nitrogen and oxygen atoms in total. The molecule has 0 aliphatic carbocycles. The van der Waals surface area contributed by atoms with Crippen molar-refractivity contribution in [3.8, 4) is 5.75 Å². The van der Waals surface area contributed by atoms with Gasteiger partial charge in [0.1, 0.15) is 5.75 Å². The van der Waals surface area contributed by atoms with Gasteiger partial charge in [-0.25, -0.2) is 0 Å². The van der Waals surface area contributed by atoms with Crippen LogP contribution in [0, 0.1) is 13.8 Å². The minimum absolute atomic E-state index is 0.168. The van der Waals surface area contributed by atoms with Crippen molar-refractivity contribution in [2.45, 2.75) is 51.3 Å². The van der Waals surface area contributed by atoms with Crippen LogP contribution >= 0.6 is 27.7 Å². The third-order valence-corrected chi connectivity index (χ3v) is 5.85. The molecule has 1 unspecified atom stereocenters. The molecule has 6 heteroatoms. The van der Waals surface area contributed by atoms with Gasteiger partial charge in [0.2, 0.25) is 0 Å². The standard InChI is InChI=1S/C21H24BrN3OS/c1-5-25-20(16(4)26-19-10-9-14(2)11-15(19)3)23-24-21(25)27-13-17-7-6-8-18(22)12-17/h6-12,16H,5,13H2,1-4H3. The predicted molar refractivity (Wildman–Crippen MR) is 114 cm³/mol. The van der Waals surface area contributed by atoms with Gasteiger partial charge < -0.3 is 9.30 Å². The summed E-state index contributed by atoms with van der Waals surface area (Å²) in [7, 11) is 0. The summed E-state index contributed by atoms with van der Waals surface area (Å²) in [5.74, 6) is 2.60. The van der Waals surface area contributed by atoms with E-state index in [1.165, 1.54) is 11.1 Å². The molecule has 0 saturated heterocycles. The fourth-order valence-electron chi connectivity index (χ4n) is 2.95. The fourth-order valence-corrected chi connectivity index (χ4v) is 4.35. The highest BCUT2D eigenvalue weighted by molar-refractivity contribution is 9.10. The molecule has 1 aromatic heterocycles. The van der Waals surface area contributed by atoms with E-state index in [1.54, 1.807) is 11.8 Å². The third-order valence-electron chi connectivity index (χ3n) is 4.32. The van der Waals surface area contributed by atoms with Crippen LogP contribution in [0.1, 0.15) is 42.5 Å². The monoisotopic (exact) mass is 445 g/mol. The molecule has 27 heavy (non-hydrogen) atoms. The Morgan fingerprint density at radius 3 is 2.67 bits per heavy atom. The second-order valence-corrected chi connectivity index (χ2v) is 8.39. The van der Waals surface area contributed by atoms with Crippen LogP contribution in [0.15, 0.2) is 52.1 Å². The van der Waals surface area contributed by atoms with Crippen molar-refractivity contribution < 1.29 is 4.74 Å². The van der Waals surface area contributed by atoms with Crippen LogP contribution in [0.2, 0.25) is 0 Å². The smallest absolute Gasteiger partial charge is 0.191 e. The van der Waals surface area contributed by atoms with Crippen LogP contribution in [0.5, 0.6) is 5.75 Å². The number of benzene rings is 2. The van der Waals surface area contributed by atoms with Gasteiger partial charge in [-0.2, -0.15) is 0 Å². The van der Waals surface area contributed by atoms with E-state index < -0.39 is 0 Å². The zero-order valence-electron chi connectivity index (χ0n) is 16.1. The number of aryl methyl sites for hydroxylation is 2. The second-order valence-electron chi connectivity index (χ2n) is 6.53. The predicted octanol–water partition coefficient (Wildman–Crippen LogP) is 6.11. The molecular formula is C21H24BrN3OS. The van der Waals surface area contributed by atoms with Crippen LogP contribution in [0.25, 0.3) is 0 Å². The summed E-state index contributed by atoms with van der Waals surface area (Å²) in [6, 6.07) is 14.6. The first-order chi connectivity index (χ1) is 13.0. The molecule has 0 fully saturated rings. The van der Waals surface area contributed by atoms with Crippen molar-refractivity contribution in [1.82, 2.24) is 14.8 Å². The summed E-state index contributed by atoms with van der Waals surface area (Å²) in [4.78, 5) is 0. The summed E-state index contributed by atoms with van der Waals surface area (Å²) >= 11 is 5.22. The highest BCUT2D eigenvalue weighted by Crippen LogP contribution is 2.28. The summed E-state index contributed by atoms with van der Waals surface area (Å²) in [6.07, 6.45) is -0.168. The number of nitrogens with zero attached hydrogens (tertiary/aromatic N) is 3. The SMILES string of the molecule is CCn1c(SCc2cccc(Br)c2)nnc1C(C)Oc1ccc(C)cc1C. The molecule has 3 aromatic rings. The van der Waals surface area contributed by atoms with Crippen LogP contribution in [-0.2, 0) is 12.3 Å². The number of hydrogen-bond acceptors (Lipinski definition) is 4. The number of thioether (sulfide) groups is 1. The van der Waals surface area contributed by atoms with E-state index in [4.69, 9.17) is 4.74 Å². The molecular weight excluding hydrogens is 422 g/mol. The maximum atomic E-state index is 6.18. The van der Waals surface area contributed by atoms with E-state index in [2.05, 4.69) is 81.8 Å². The zero-order valence-corrected chi connectivity index (χ0v) is 18.5. The topological polar surface area (TPSA) is 39.9 Å². The Hall–Kier alpha value is -1.79. The van der Waals surface area contributed by atoms with Gasteiger partial charge in [-0.15, -0.1) is 10.2 Å². The largest absolute Gasteiger partial charge is 0.482 e. The summed E-state index contributed by atoms with van der Waals surface area (Å²) < 4.78 is 9.41. The van der Waals surface area contributed by atoms with Crippen molar-refractivity contribution in [3.05, 3.63) is 69.5 Å². The van der Waals surface area contributed by atoms with Gasteiger partial charge in [-0.3, -0.25) is 0 Å². The molecule has 0 N–H and O–H groups in total. The van der Waals surface area contributed by atoms with Gasteiger partial charge in [0.15, 0.2) is 17.1 Å². The Balaban J connectivity index is 1.74. The van der Waals surface area contributed by atoms with E-state index in [1.807, 2.05) is 19.1 Å². The quantitative estimate of drug-likeness (QED) is 0.411. The van der Waals surface area contributed by atoms with Gasteiger partial charge in [-0.1, -0.05) is 57.5 Å². The lowest BCUT2D eigenvalue weighted by Crippen LogP contribution is -2.12. The fraction of sp³-hybridized carbons (Fsp3) is 0.333. The molecule has 142 valence electrons. The Morgan fingerprint density at radius 1 is 1.15 bits per heavy atom. The first-order valence-electron chi connectivity index (χ1n) is 9.02. The number of rotatable bonds is 7. The molecule has 3 rings (SSSR count). The summed E-state index contributed by atoms with van der Waals surface area (Å²) in [5, 5.41) is 9.75. The van der Waals surface area contributed by atoms with Gasteiger partial charge in [0.05, 0.1) is 0 Å². The molecule has 1 heterocycles. The molecule has 0 spiro atoms. The van der Waals surface area contributed by atoms with E-state index in [9.17, 15) is 0 Å². The minimum atomic E-state index is -0.168. The Morgan fingerprint density at radius 2 is 1.96 bits per heavy atom. The van der Waals surface area contributed by atoms with Crippen molar-refractivity contribution in [2.75, 3.05) is 0 Å². The average Bonchev–Trinajstić information content (AvgIpc) is 3.05. The molecule has 0 aliphatic rings. The molecule has 0 bridgehead atoms. The van der Waals surface area contributed by atoms with Crippen LogP contribution in [0.3, 0.4) is 0 Å². The summed E-state index contributed by atoms with van der Waals surface area (Å²) in [6.45, 7) is 9.10. The van der Waals surface area contributed by atoms with E-state index in [0.29, 0.717) is 0 Å². The first-order valence-corrected chi connectivity index (χ1v) is 10.8. The molecule has 0 saturated carbocycles. The molecule has 1 atom stereocenters. The van der Waals surface area contributed by atoms with Crippen molar-refractivity contribution in [2.24, 2.45) is 0 Å².